The smallest absolute Gasteiger partial charge is 0.258 e. The summed E-state index contributed by atoms with van der Waals surface area (Å²) in [5, 5.41) is 5.04. The fourth-order valence-corrected chi connectivity index (χ4v) is 1.97. The van der Waals surface area contributed by atoms with Crippen molar-refractivity contribution < 1.29 is 14.0 Å². The van der Waals surface area contributed by atoms with Crippen molar-refractivity contribution in [1.82, 2.24) is 10.3 Å². The molecule has 0 aliphatic carbocycles. The number of nitrogens with zero attached hydrogens (tertiary/aromatic N) is 1. The van der Waals surface area contributed by atoms with Crippen LogP contribution in [-0.2, 0) is 0 Å². The number of benzene rings is 1. The molecule has 2 aromatic rings. The molecule has 7 heteroatoms. The molecule has 0 unspecified atom stereocenters. The molecule has 108 valence electrons. The quantitative estimate of drug-likeness (QED) is 0.835. The van der Waals surface area contributed by atoms with E-state index in [0.717, 1.165) is 6.20 Å². The molecule has 0 saturated carbocycles. The fraction of sp³-hybridized carbons (Fsp3) is 0.0714. The number of nitrogens with one attached hydrogen (secondary N) is 2. The number of aromatic nitrogens is 1. The van der Waals surface area contributed by atoms with Crippen molar-refractivity contribution in [3.05, 3.63) is 58.1 Å². The minimum Gasteiger partial charge on any atom is -0.355 e. The van der Waals surface area contributed by atoms with E-state index in [9.17, 15) is 14.0 Å². The average molecular weight is 352 g/mol. The van der Waals surface area contributed by atoms with Crippen LogP contribution in [0.5, 0.6) is 0 Å². The Hall–Kier alpha value is -2.28. The topological polar surface area (TPSA) is 71.1 Å². The average Bonchev–Trinajstić information content (AvgIpc) is 2.49. The highest BCUT2D eigenvalue weighted by atomic mass is 79.9. The summed E-state index contributed by atoms with van der Waals surface area (Å²) in [6, 6.07) is 7.55. The summed E-state index contributed by atoms with van der Waals surface area (Å²) in [5.41, 5.74) is 0.806. The zero-order chi connectivity index (χ0) is 15.4. The Morgan fingerprint density at radius 1 is 1.19 bits per heavy atom. The summed E-state index contributed by atoms with van der Waals surface area (Å²) >= 11 is 3.08. The lowest BCUT2D eigenvalue weighted by atomic mass is 10.2. The number of hydrogen-bond acceptors (Lipinski definition) is 3. The van der Waals surface area contributed by atoms with Gasteiger partial charge in [-0.1, -0.05) is 0 Å². The number of carbonyl (C=O) groups excluding carboxylic acids is 2. The molecule has 5 nitrogen and oxygen atoms in total. The molecule has 2 N–H and O–H groups in total. The Bertz CT molecular complexity index is 689. The van der Waals surface area contributed by atoms with Crippen LogP contribution in [0.15, 0.2) is 41.1 Å². The van der Waals surface area contributed by atoms with Gasteiger partial charge in [0.15, 0.2) is 5.82 Å². The predicted octanol–water partition coefficient (Wildman–Crippen LogP) is 2.60. The molecule has 0 saturated heterocycles. The number of anilines is 1. The van der Waals surface area contributed by atoms with Crippen LogP contribution in [0.25, 0.3) is 0 Å². The number of carbonyl (C=O) groups is 2. The zero-order valence-corrected chi connectivity index (χ0v) is 12.6. The van der Waals surface area contributed by atoms with Crippen molar-refractivity contribution in [2.75, 3.05) is 12.4 Å². The van der Waals surface area contributed by atoms with Gasteiger partial charge in [-0.3, -0.25) is 9.59 Å². The van der Waals surface area contributed by atoms with Crippen LogP contribution in [-0.4, -0.2) is 23.8 Å². The summed E-state index contributed by atoms with van der Waals surface area (Å²) in [6.07, 6.45) is 0.966. The second-order valence-corrected chi connectivity index (χ2v) is 4.91. The van der Waals surface area contributed by atoms with E-state index in [1.54, 1.807) is 24.3 Å². The van der Waals surface area contributed by atoms with Crippen molar-refractivity contribution in [1.29, 1.82) is 0 Å². The van der Waals surface area contributed by atoms with E-state index in [-0.39, 0.29) is 11.5 Å². The van der Waals surface area contributed by atoms with Gasteiger partial charge in [0.1, 0.15) is 4.60 Å². The first kappa shape index (κ1) is 15.1. The monoisotopic (exact) mass is 351 g/mol. The van der Waals surface area contributed by atoms with Crippen LogP contribution in [0, 0.1) is 5.82 Å². The summed E-state index contributed by atoms with van der Waals surface area (Å²) in [7, 11) is 1.53. The van der Waals surface area contributed by atoms with Gasteiger partial charge in [0.2, 0.25) is 0 Å². The standard InChI is InChI=1S/C14H11BrFN3O2/c1-17-13(20)8-2-4-9(5-3-8)19-14(21)10-6-12(15)18-7-11(10)16/h2-7H,1H3,(H,17,20)(H,19,21). The normalized spacial score (nSPS) is 10.0. The lowest BCUT2D eigenvalue weighted by Crippen LogP contribution is -2.18. The van der Waals surface area contributed by atoms with Gasteiger partial charge < -0.3 is 10.6 Å². The van der Waals surface area contributed by atoms with Crippen LogP contribution in [0.1, 0.15) is 20.7 Å². The first-order valence-corrected chi connectivity index (χ1v) is 6.75. The lowest BCUT2D eigenvalue weighted by molar-refractivity contribution is 0.0962. The largest absolute Gasteiger partial charge is 0.355 e. The molecule has 1 heterocycles. The molecule has 1 aromatic carbocycles. The Kier molecular flexibility index (Phi) is 4.64. The van der Waals surface area contributed by atoms with E-state index in [1.165, 1.54) is 13.1 Å². The third-order valence-electron chi connectivity index (χ3n) is 2.70. The van der Waals surface area contributed by atoms with Gasteiger partial charge in [0.25, 0.3) is 11.8 Å². The highest BCUT2D eigenvalue weighted by molar-refractivity contribution is 9.10. The molecule has 0 atom stereocenters. The SMILES string of the molecule is CNC(=O)c1ccc(NC(=O)c2cc(Br)ncc2F)cc1. The van der Waals surface area contributed by atoms with E-state index < -0.39 is 11.7 Å². The highest BCUT2D eigenvalue weighted by Gasteiger charge is 2.13. The Morgan fingerprint density at radius 2 is 1.86 bits per heavy atom. The third-order valence-corrected chi connectivity index (χ3v) is 3.13. The van der Waals surface area contributed by atoms with E-state index in [2.05, 4.69) is 31.5 Å². The Balaban J connectivity index is 2.16. The van der Waals surface area contributed by atoms with Crippen LogP contribution in [0.4, 0.5) is 10.1 Å². The van der Waals surface area contributed by atoms with Crippen molar-refractivity contribution in [2.24, 2.45) is 0 Å². The summed E-state index contributed by atoms with van der Waals surface area (Å²) in [5.74, 6) is -1.53. The molecule has 0 radical (unpaired) electrons. The molecule has 0 fully saturated rings. The number of amides is 2. The highest BCUT2D eigenvalue weighted by Crippen LogP contribution is 2.15. The Labute approximate surface area is 128 Å². The van der Waals surface area contributed by atoms with Crippen molar-refractivity contribution >= 4 is 33.4 Å². The zero-order valence-electron chi connectivity index (χ0n) is 11.0. The molecule has 2 amide bonds. The molecular weight excluding hydrogens is 341 g/mol. The number of rotatable bonds is 3. The van der Waals surface area contributed by atoms with Crippen LogP contribution in [0.3, 0.4) is 0 Å². The van der Waals surface area contributed by atoms with Crippen LogP contribution >= 0.6 is 15.9 Å². The molecular formula is C14H11BrFN3O2. The summed E-state index contributed by atoms with van der Waals surface area (Å²) < 4.78 is 13.9. The maximum atomic E-state index is 13.5. The van der Waals surface area contributed by atoms with E-state index in [0.29, 0.717) is 15.9 Å². The van der Waals surface area contributed by atoms with Gasteiger partial charge in [0, 0.05) is 18.3 Å². The maximum Gasteiger partial charge on any atom is 0.258 e. The van der Waals surface area contributed by atoms with Gasteiger partial charge in [0.05, 0.1) is 11.8 Å². The van der Waals surface area contributed by atoms with Crippen LogP contribution in [0.2, 0.25) is 0 Å². The first-order valence-electron chi connectivity index (χ1n) is 5.96. The van der Waals surface area contributed by atoms with Crippen LogP contribution < -0.4 is 10.6 Å². The second kappa shape index (κ2) is 6.45. The molecule has 21 heavy (non-hydrogen) atoms. The van der Waals surface area contributed by atoms with Gasteiger partial charge in [-0.2, -0.15) is 0 Å². The van der Waals surface area contributed by atoms with E-state index in [4.69, 9.17) is 0 Å². The number of hydrogen-bond donors (Lipinski definition) is 2. The number of halogens is 2. The van der Waals surface area contributed by atoms with Gasteiger partial charge in [-0.25, -0.2) is 9.37 Å². The summed E-state index contributed by atoms with van der Waals surface area (Å²) in [6.45, 7) is 0. The molecule has 1 aromatic heterocycles. The molecule has 0 spiro atoms. The van der Waals surface area contributed by atoms with Gasteiger partial charge in [-0.15, -0.1) is 0 Å². The molecule has 0 aliphatic rings. The van der Waals surface area contributed by atoms with Crippen molar-refractivity contribution in [2.45, 2.75) is 0 Å². The maximum absolute atomic E-state index is 13.5. The summed E-state index contributed by atoms with van der Waals surface area (Å²) in [4.78, 5) is 27.1. The Morgan fingerprint density at radius 3 is 2.48 bits per heavy atom. The third kappa shape index (κ3) is 3.63. The van der Waals surface area contributed by atoms with E-state index >= 15 is 0 Å². The predicted molar refractivity (Wildman–Crippen MR) is 79.7 cm³/mol. The minimum atomic E-state index is -0.710. The van der Waals surface area contributed by atoms with Crippen molar-refractivity contribution in [3.8, 4) is 0 Å². The lowest BCUT2D eigenvalue weighted by Gasteiger charge is -2.07. The number of pyridine rings is 1. The molecule has 0 bridgehead atoms. The second-order valence-electron chi connectivity index (χ2n) is 4.10. The van der Waals surface area contributed by atoms with E-state index in [1.807, 2.05) is 0 Å². The minimum absolute atomic E-state index is 0.118. The molecule has 0 aliphatic heterocycles. The van der Waals surface area contributed by atoms with Gasteiger partial charge >= 0.3 is 0 Å². The van der Waals surface area contributed by atoms with Gasteiger partial charge in [-0.05, 0) is 46.3 Å². The molecule has 2 rings (SSSR count). The van der Waals surface area contributed by atoms with Crippen molar-refractivity contribution in [3.63, 3.8) is 0 Å². The fourth-order valence-electron chi connectivity index (χ4n) is 1.63. The first-order chi connectivity index (χ1) is 10.0.